The molecule has 0 aromatic heterocycles. The van der Waals surface area contributed by atoms with Gasteiger partial charge >= 0.3 is 0 Å². The fraction of sp³-hybridized carbons (Fsp3) is 1.00. The molecule has 0 saturated heterocycles. The number of ether oxygens (including phenoxy) is 3. The Morgan fingerprint density at radius 3 is 1.92 bits per heavy atom. The Hall–Kier alpha value is -0.160. The van der Waals surface area contributed by atoms with Crippen LogP contribution in [0, 0.1) is 0 Å². The van der Waals surface area contributed by atoms with E-state index in [-0.39, 0.29) is 18.7 Å². The van der Waals surface area contributed by atoms with Gasteiger partial charge in [0.15, 0.2) is 6.29 Å². The molecule has 0 heterocycles. The van der Waals surface area contributed by atoms with Gasteiger partial charge in [0, 0.05) is 14.2 Å². The van der Waals surface area contributed by atoms with Gasteiger partial charge in [-0.3, -0.25) is 5.32 Å². The van der Waals surface area contributed by atoms with E-state index in [9.17, 15) is 0 Å². The summed E-state index contributed by atoms with van der Waals surface area (Å²) in [6.45, 7) is 5.66. The molecule has 0 saturated carbocycles. The van der Waals surface area contributed by atoms with Crippen molar-refractivity contribution in [2.24, 2.45) is 0 Å². The first kappa shape index (κ1) is 11.8. The van der Waals surface area contributed by atoms with Crippen LogP contribution in [0.3, 0.4) is 0 Å². The van der Waals surface area contributed by atoms with Crippen molar-refractivity contribution in [3.8, 4) is 0 Å². The molecule has 0 spiro atoms. The molecule has 3 atom stereocenters. The molecular formula is C8H19NO3. The van der Waals surface area contributed by atoms with Crippen LogP contribution in [0.15, 0.2) is 0 Å². The van der Waals surface area contributed by atoms with Gasteiger partial charge in [-0.05, 0) is 20.8 Å². The lowest BCUT2D eigenvalue weighted by atomic mass is 10.5. The van der Waals surface area contributed by atoms with Crippen molar-refractivity contribution in [1.29, 1.82) is 0 Å². The summed E-state index contributed by atoms with van der Waals surface area (Å²) in [5.41, 5.74) is 0. The van der Waals surface area contributed by atoms with E-state index in [2.05, 4.69) is 5.32 Å². The Kier molecular flexibility index (Phi) is 6.28. The van der Waals surface area contributed by atoms with Crippen molar-refractivity contribution >= 4 is 0 Å². The van der Waals surface area contributed by atoms with Crippen molar-refractivity contribution in [1.82, 2.24) is 5.32 Å². The zero-order chi connectivity index (χ0) is 9.56. The SMILES string of the molecule is COC(C)NC(C)OC(C)OC. The molecule has 0 aliphatic rings. The van der Waals surface area contributed by atoms with Gasteiger partial charge in [0.1, 0.15) is 12.5 Å². The predicted molar refractivity (Wildman–Crippen MR) is 46.6 cm³/mol. The lowest BCUT2D eigenvalue weighted by Gasteiger charge is -2.21. The minimum Gasteiger partial charge on any atom is -0.367 e. The quantitative estimate of drug-likeness (QED) is 0.612. The second-order valence-corrected chi connectivity index (χ2v) is 2.63. The third-order valence-electron chi connectivity index (χ3n) is 1.55. The van der Waals surface area contributed by atoms with E-state index in [0.717, 1.165) is 0 Å². The number of hydrogen-bond donors (Lipinski definition) is 1. The third kappa shape index (κ3) is 5.49. The first-order valence-corrected chi connectivity index (χ1v) is 4.07. The van der Waals surface area contributed by atoms with Crippen LogP contribution in [0.4, 0.5) is 0 Å². The van der Waals surface area contributed by atoms with Crippen molar-refractivity contribution in [3.63, 3.8) is 0 Å². The zero-order valence-corrected chi connectivity index (χ0v) is 8.46. The lowest BCUT2D eigenvalue weighted by Crippen LogP contribution is -2.39. The number of nitrogens with one attached hydrogen (secondary N) is 1. The summed E-state index contributed by atoms with van der Waals surface area (Å²) in [5, 5.41) is 3.07. The molecule has 0 amide bonds. The van der Waals surface area contributed by atoms with Crippen molar-refractivity contribution < 1.29 is 14.2 Å². The maximum Gasteiger partial charge on any atom is 0.156 e. The third-order valence-corrected chi connectivity index (χ3v) is 1.55. The molecule has 0 aromatic carbocycles. The van der Waals surface area contributed by atoms with E-state index < -0.39 is 0 Å². The minimum absolute atomic E-state index is 0.0101. The molecule has 4 nitrogen and oxygen atoms in total. The molecule has 0 aromatic rings. The van der Waals surface area contributed by atoms with Crippen LogP contribution in [-0.4, -0.2) is 33.0 Å². The van der Waals surface area contributed by atoms with Crippen molar-refractivity contribution in [2.75, 3.05) is 14.2 Å². The standard InChI is InChI=1S/C8H19NO3/c1-6(10-4)9-7(2)12-8(3)11-5/h6-9H,1-5H3. The van der Waals surface area contributed by atoms with Crippen molar-refractivity contribution in [3.05, 3.63) is 0 Å². The summed E-state index contributed by atoms with van der Waals surface area (Å²) in [4.78, 5) is 0. The Morgan fingerprint density at radius 1 is 0.917 bits per heavy atom. The van der Waals surface area contributed by atoms with Gasteiger partial charge in [0.05, 0.1) is 0 Å². The van der Waals surface area contributed by atoms with Crippen LogP contribution in [0.2, 0.25) is 0 Å². The molecule has 3 unspecified atom stereocenters. The topological polar surface area (TPSA) is 39.7 Å². The summed E-state index contributed by atoms with van der Waals surface area (Å²) < 4.78 is 15.3. The molecule has 0 bridgehead atoms. The summed E-state index contributed by atoms with van der Waals surface area (Å²) in [6, 6.07) is 0. The highest BCUT2D eigenvalue weighted by Gasteiger charge is 2.09. The Morgan fingerprint density at radius 2 is 1.50 bits per heavy atom. The average molecular weight is 177 g/mol. The summed E-state index contributed by atoms with van der Waals surface area (Å²) in [7, 11) is 3.25. The Balaban J connectivity index is 3.51. The van der Waals surface area contributed by atoms with Gasteiger partial charge in [-0.1, -0.05) is 0 Å². The van der Waals surface area contributed by atoms with Gasteiger partial charge in [0.25, 0.3) is 0 Å². The minimum atomic E-state index is -0.198. The predicted octanol–water partition coefficient (Wildman–Crippen LogP) is 0.923. The lowest BCUT2D eigenvalue weighted by molar-refractivity contribution is -0.156. The van der Waals surface area contributed by atoms with Crippen LogP contribution in [-0.2, 0) is 14.2 Å². The number of methoxy groups -OCH3 is 2. The Labute approximate surface area is 74.2 Å². The molecule has 0 rings (SSSR count). The molecule has 1 N–H and O–H groups in total. The van der Waals surface area contributed by atoms with Crippen molar-refractivity contribution in [2.45, 2.75) is 39.5 Å². The first-order chi connectivity index (χ1) is 5.60. The van der Waals surface area contributed by atoms with Gasteiger partial charge in [-0.25, -0.2) is 0 Å². The van der Waals surface area contributed by atoms with E-state index in [1.165, 1.54) is 0 Å². The summed E-state index contributed by atoms with van der Waals surface area (Å²) in [6.07, 6.45) is -0.282. The smallest absolute Gasteiger partial charge is 0.156 e. The highest BCUT2D eigenvalue weighted by molar-refractivity contribution is 4.50. The molecule has 0 aliphatic heterocycles. The maximum atomic E-state index is 5.36. The van der Waals surface area contributed by atoms with Crippen LogP contribution in [0.1, 0.15) is 20.8 Å². The van der Waals surface area contributed by atoms with Gasteiger partial charge in [-0.15, -0.1) is 0 Å². The van der Waals surface area contributed by atoms with E-state index in [1.54, 1.807) is 14.2 Å². The summed E-state index contributed by atoms with van der Waals surface area (Å²) in [5.74, 6) is 0. The first-order valence-electron chi connectivity index (χ1n) is 4.07. The monoisotopic (exact) mass is 177 g/mol. The fourth-order valence-corrected chi connectivity index (χ4v) is 0.781. The van der Waals surface area contributed by atoms with E-state index in [4.69, 9.17) is 14.2 Å². The number of hydrogen-bond acceptors (Lipinski definition) is 4. The number of rotatable bonds is 6. The zero-order valence-electron chi connectivity index (χ0n) is 8.46. The molecule has 0 fully saturated rings. The fourth-order valence-electron chi connectivity index (χ4n) is 0.781. The molecule has 12 heavy (non-hydrogen) atoms. The average Bonchev–Trinajstić information content (AvgIpc) is 2.03. The molecule has 74 valence electrons. The maximum absolute atomic E-state index is 5.36. The highest BCUT2D eigenvalue weighted by atomic mass is 16.7. The largest absolute Gasteiger partial charge is 0.367 e. The van der Waals surface area contributed by atoms with E-state index in [0.29, 0.717) is 0 Å². The van der Waals surface area contributed by atoms with Gasteiger partial charge in [0.2, 0.25) is 0 Å². The van der Waals surface area contributed by atoms with Crippen LogP contribution in [0.5, 0.6) is 0 Å². The highest BCUT2D eigenvalue weighted by Crippen LogP contribution is 1.97. The normalized spacial score (nSPS) is 18.8. The molecule has 0 aliphatic carbocycles. The Bertz CT molecular complexity index is 98.5. The molecule has 0 radical (unpaired) electrons. The van der Waals surface area contributed by atoms with Crippen LogP contribution < -0.4 is 5.32 Å². The molecular weight excluding hydrogens is 158 g/mol. The van der Waals surface area contributed by atoms with E-state index in [1.807, 2.05) is 20.8 Å². The van der Waals surface area contributed by atoms with Gasteiger partial charge < -0.3 is 14.2 Å². The summed E-state index contributed by atoms with van der Waals surface area (Å²) >= 11 is 0. The van der Waals surface area contributed by atoms with E-state index >= 15 is 0 Å². The second kappa shape index (κ2) is 6.37. The molecule has 4 heteroatoms. The second-order valence-electron chi connectivity index (χ2n) is 2.63. The van der Waals surface area contributed by atoms with Crippen LogP contribution >= 0.6 is 0 Å². The van der Waals surface area contributed by atoms with Crippen LogP contribution in [0.25, 0.3) is 0 Å². The van der Waals surface area contributed by atoms with Gasteiger partial charge in [-0.2, -0.15) is 0 Å².